The van der Waals surface area contributed by atoms with Crippen molar-refractivity contribution < 1.29 is 23.5 Å². The average molecular weight is 671 g/mol. The van der Waals surface area contributed by atoms with Crippen LogP contribution in [-0.4, -0.2) is 79.0 Å². The van der Waals surface area contributed by atoms with Crippen LogP contribution in [0, 0.1) is 11.2 Å². The Morgan fingerprint density at radius 1 is 1.08 bits per heavy atom. The van der Waals surface area contributed by atoms with E-state index in [4.69, 9.17) is 4.74 Å². The van der Waals surface area contributed by atoms with E-state index in [9.17, 15) is 14.4 Å². The monoisotopic (exact) mass is 670 g/mol. The van der Waals surface area contributed by atoms with Gasteiger partial charge in [0.1, 0.15) is 17.2 Å². The summed E-state index contributed by atoms with van der Waals surface area (Å²) in [5.41, 5.74) is 2.63. The minimum absolute atomic E-state index is 0.0538. The summed E-state index contributed by atoms with van der Waals surface area (Å²) >= 11 is 1.28. The predicted octanol–water partition coefficient (Wildman–Crippen LogP) is 4.88. The highest BCUT2D eigenvalue weighted by atomic mass is 32.1. The van der Waals surface area contributed by atoms with E-state index < -0.39 is 29.3 Å². The molecule has 12 nitrogen and oxygen atoms in total. The van der Waals surface area contributed by atoms with Gasteiger partial charge in [-0.1, -0.05) is 0 Å². The van der Waals surface area contributed by atoms with E-state index in [1.165, 1.54) is 22.3 Å². The Morgan fingerprint density at radius 2 is 1.90 bits per heavy atom. The molecule has 7 heterocycles. The number of rotatable bonds is 6. The molecule has 0 saturated carbocycles. The molecule has 0 radical (unpaired) electrons. The number of aromatic nitrogens is 4. The number of carbonyl (C=O) groups is 3. The molecule has 2 saturated heterocycles. The molecule has 1 aromatic carbocycles. The van der Waals surface area contributed by atoms with E-state index in [2.05, 4.69) is 25.2 Å². The predicted molar refractivity (Wildman–Crippen MR) is 176 cm³/mol. The maximum absolute atomic E-state index is 15.7. The number of nitrogens with one attached hydrogen (secondary N) is 1. The second kappa shape index (κ2) is 11.1. The molecule has 14 heteroatoms. The van der Waals surface area contributed by atoms with Crippen molar-refractivity contribution in [1.29, 1.82) is 0 Å². The number of aryl methyl sites for hydroxylation is 1. The lowest BCUT2D eigenvalue weighted by Gasteiger charge is -2.60. The van der Waals surface area contributed by atoms with E-state index in [1.807, 2.05) is 37.5 Å². The molecule has 3 amide bonds. The van der Waals surface area contributed by atoms with E-state index in [-0.39, 0.29) is 29.2 Å². The third-order valence-electron chi connectivity index (χ3n) is 9.45. The zero-order valence-electron chi connectivity index (χ0n) is 26.9. The number of hydrogen-bond acceptors (Lipinski definition) is 9. The summed E-state index contributed by atoms with van der Waals surface area (Å²) in [6.07, 6.45) is 6.37. The minimum Gasteiger partial charge on any atom is -0.444 e. The van der Waals surface area contributed by atoms with Crippen LogP contribution in [0.2, 0.25) is 0 Å². The molecule has 3 aromatic heterocycles. The van der Waals surface area contributed by atoms with Gasteiger partial charge in [0.15, 0.2) is 11.2 Å². The van der Waals surface area contributed by atoms with Gasteiger partial charge in [-0.2, -0.15) is 0 Å². The van der Waals surface area contributed by atoms with Crippen molar-refractivity contribution in [3.63, 3.8) is 0 Å². The van der Waals surface area contributed by atoms with Crippen molar-refractivity contribution in [3.8, 4) is 11.1 Å². The van der Waals surface area contributed by atoms with E-state index in [0.29, 0.717) is 35.0 Å². The number of hydrogen-bond donors (Lipinski definition) is 1. The number of likely N-dealkylation sites (tertiary alicyclic amines) is 1. The number of anilines is 2. The molecule has 1 atom stereocenters. The fraction of sp³-hybridized carbons (Fsp3) is 0.412. The van der Waals surface area contributed by atoms with Gasteiger partial charge in [-0.25, -0.2) is 24.1 Å². The SMILES string of the molecule is CC(C)(C)OC(=O)N1CC2(C1)CN(c1ccc(-c3cc(F)c4c(c3)C(=O)N(C(C(=O)Nc3nccs3)c3ncn5c3CCC5)C4)cn1)C2. The molecule has 4 aliphatic rings. The van der Waals surface area contributed by atoms with Gasteiger partial charge in [-0.3, -0.25) is 14.9 Å². The van der Waals surface area contributed by atoms with Gasteiger partial charge in [0.25, 0.3) is 11.8 Å². The summed E-state index contributed by atoms with van der Waals surface area (Å²) in [6, 6.07) is 5.83. The van der Waals surface area contributed by atoms with Crippen LogP contribution in [0.25, 0.3) is 11.1 Å². The lowest BCUT2D eigenvalue weighted by atomic mass is 9.73. The molecular weight excluding hydrogens is 635 g/mol. The highest BCUT2D eigenvalue weighted by Crippen LogP contribution is 2.42. The van der Waals surface area contributed by atoms with Gasteiger partial charge in [0.05, 0.1) is 18.6 Å². The zero-order valence-corrected chi connectivity index (χ0v) is 27.7. The number of halogens is 1. The van der Waals surface area contributed by atoms with E-state index in [1.54, 1.807) is 35.1 Å². The quantitative estimate of drug-likeness (QED) is 0.308. The number of fused-ring (bicyclic) bond motifs is 2. The fourth-order valence-corrected chi connectivity index (χ4v) is 7.79. The second-order valence-electron chi connectivity index (χ2n) is 14.1. The first kappa shape index (κ1) is 30.5. The van der Waals surface area contributed by atoms with Crippen molar-refractivity contribution >= 4 is 40.2 Å². The molecule has 4 aromatic rings. The molecule has 0 bridgehead atoms. The summed E-state index contributed by atoms with van der Waals surface area (Å²) in [7, 11) is 0. The molecule has 2 fully saturated rings. The van der Waals surface area contributed by atoms with Crippen LogP contribution in [0.1, 0.15) is 60.5 Å². The van der Waals surface area contributed by atoms with Crippen molar-refractivity contribution in [1.82, 2.24) is 29.3 Å². The van der Waals surface area contributed by atoms with E-state index >= 15 is 4.39 Å². The maximum Gasteiger partial charge on any atom is 0.410 e. The fourth-order valence-electron chi connectivity index (χ4n) is 7.25. The van der Waals surface area contributed by atoms with E-state index in [0.717, 1.165) is 44.0 Å². The summed E-state index contributed by atoms with van der Waals surface area (Å²) < 4.78 is 23.2. The Kier molecular flexibility index (Phi) is 7.06. The highest BCUT2D eigenvalue weighted by Gasteiger charge is 2.54. The number of benzene rings is 1. The molecule has 0 aliphatic carbocycles. The molecule has 248 valence electrons. The smallest absolute Gasteiger partial charge is 0.410 e. The van der Waals surface area contributed by atoms with Gasteiger partial charge < -0.3 is 24.0 Å². The number of amides is 3. The number of carbonyl (C=O) groups excluding carboxylic acids is 3. The number of nitrogens with zero attached hydrogens (tertiary/aromatic N) is 7. The minimum atomic E-state index is -1.04. The van der Waals surface area contributed by atoms with Gasteiger partial charge >= 0.3 is 6.09 Å². The summed E-state index contributed by atoms with van der Waals surface area (Å²) in [4.78, 5) is 58.7. The number of pyridine rings is 1. The van der Waals surface area contributed by atoms with Crippen LogP contribution in [0.4, 0.5) is 20.1 Å². The van der Waals surface area contributed by atoms with Crippen LogP contribution >= 0.6 is 11.3 Å². The zero-order chi connectivity index (χ0) is 33.4. The lowest BCUT2D eigenvalue weighted by Crippen LogP contribution is -2.73. The summed E-state index contributed by atoms with van der Waals surface area (Å²) in [5, 5.41) is 4.99. The Balaban J connectivity index is 0.983. The maximum atomic E-state index is 15.7. The number of imidazole rings is 1. The van der Waals surface area contributed by atoms with Crippen molar-refractivity contribution in [2.45, 2.75) is 58.3 Å². The topological polar surface area (TPSA) is 126 Å². The van der Waals surface area contributed by atoms with Crippen LogP contribution in [0.15, 0.2) is 48.4 Å². The van der Waals surface area contributed by atoms with Gasteiger partial charge in [-0.05, 0) is 63.4 Å². The molecular formula is C34H35FN8O4S. The summed E-state index contributed by atoms with van der Waals surface area (Å²) in [5.74, 6) is -0.584. The van der Waals surface area contributed by atoms with Crippen molar-refractivity contribution in [2.75, 3.05) is 36.4 Å². The van der Waals surface area contributed by atoms with Crippen LogP contribution in [0.5, 0.6) is 0 Å². The number of ether oxygens (including phenoxy) is 1. The number of thiazole rings is 1. The molecule has 48 heavy (non-hydrogen) atoms. The Hall–Kier alpha value is -4.85. The normalized spacial score (nSPS) is 18.3. The van der Waals surface area contributed by atoms with Crippen LogP contribution in [0.3, 0.4) is 0 Å². The first-order valence-corrected chi connectivity index (χ1v) is 16.9. The third kappa shape index (κ3) is 5.27. The largest absolute Gasteiger partial charge is 0.444 e. The summed E-state index contributed by atoms with van der Waals surface area (Å²) in [6.45, 7) is 9.22. The molecule has 1 spiro atoms. The Morgan fingerprint density at radius 3 is 2.60 bits per heavy atom. The van der Waals surface area contributed by atoms with Crippen LogP contribution < -0.4 is 10.2 Å². The van der Waals surface area contributed by atoms with Gasteiger partial charge in [-0.15, -0.1) is 11.3 Å². The Labute approximate surface area is 280 Å². The van der Waals surface area contributed by atoms with Gasteiger partial charge in [0, 0.05) is 78.3 Å². The van der Waals surface area contributed by atoms with Crippen molar-refractivity contribution in [2.24, 2.45) is 5.41 Å². The molecule has 1 N–H and O–H groups in total. The van der Waals surface area contributed by atoms with Crippen LogP contribution in [-0.2, 0) is 29.0 Å². The molecule has 4 aliphatic heterocycles. The van der Waals surface area contributed by atoms with Gasteiger partial charge in [0.2, 0.25) is 0 Å². The first-order chi connectivity index (χ1) is 23.0. The average Bonchev–Trinajstić information content (AvgIpc) is 3.79. The Bertz CT molecular complexity index is 1920. The first-order valence-electron chi connectivity index (χ1n) is 16.0. The second-order valence-corrected chi connectivity index (χ2v) is 15.0. The molecule has 8 rings (SSSR count). The van der Waals surface area contributed by atoms with Crippen molar-refractivity contribution in [3.05, 3.63) is 76.7 Å². The standard InChI is InChI=1S/C34H35FN8O4S/c1-33(2,3)47-32(46)42-17-34(18-42)15-41(16-34)26-7-6-20(13-37-26)21-11-22-23(24(35)12-21)14-43(30(22)45)28(29(44)39-31-36-8-10-48-31)27-25-5-4-9-40(25)19-38-27/h6-8,10-13,19,28H,4-5,9,14-18H2,1-3H3,(H,36,39,44). The lowest BCUT2D eigenvalue weighted by molar-refractivity contribution is -0.121. The third-order valence-corrected chi connectivity index (χ3v) is 10.1. The highest BCUT2D eigenvalue weighted by molar-refractivity contribution is 7.13. The molecule has 1 unspecified atom stereocenters.